The largest absolute Gasteiger partial charge is 0.497 e. The molecule has 0 unspecified atom stereocenters. The first kappa shape index (κ1) is 20.7. The molecule has 0 aromatic heterocycles. The average molecular weight is 418 g/mol. The Hall–Kier alpha value is -3.06. The van der Waals surface area contributed by atoms with Gasteiger partial charge in [-0.25, -0.2) is 8.42 Å². The number of sulfone groups is 1. The smallest absolute Gasteiger partial charge is 0.418 e. The van der Waals surface area contributed by atoms with Crippen LogP contribution < -0.4 is 4.74 Å². The molecule has 0 atom stereocenters. The van der Waals surface area contributed by atoms with Gasteiger partial charge in [0, 0.05) is 0 Å². The van der Waals surface area contributed by atoms with Gasteiger partial charge in [-0.1, -0.05) is 48.5 Å². The molecule has 0 N–H and O–H groups in total. The summed E-state index contributed by atoms with van der Waals surface area (Å²) in [4.78, 5) is -1.02. The zero-order chi connectivity index (χ0) is 21.1. The maximum atomic E-state index is 14.2. The lowest BCUT2D eigenvalue weighted by Crippen LogP contribution is -2.17. The highest BCUT2D eigenvalue weighted by atomic mass is 32.2. The molecule has 7 heteroatoms. The van der Waals surface area contributed by atoms with E-state index >= 15 is 0 Å². The summed E-state index contributed by atoms with van der Waals surface area (Å²) in [6, 6.07) is 19.5. The second-order valence-corrected chi connectivity index (χ2v) is 8.00. The highest BCUT2D eigenvalue weighted by Gasteiger charge is 2.41. The zero-order valence-electron chi connectivity index (χ0n) is 15.3. The maximum absolute atomic E-state index is 14.2. The fourth-order valence-corrected chi connectivity index (χ4v) is 4.62. The minimum Gasteiger partial charge on any atom is -0.497 e. The molecule has 3 rings (SSSR count). The van der Waals surface area contributed by atoms with E-state index in [2.05, 4.69) is 0 Å². The number of hydrogen-bond acceptors (Lipinski definition) is 3. The first-order valence-electron chi connectivity index (χ1n) is 8.56. The molecular formula is C22H17F3O3S. The van der Waals surface area contributed by atoms with Gasteiger partial charge in [0.1, 0.15) is 5.75 Å². The third kappa shape index (κ3) is 4.35. The summed E-state index contributed by atoms with van der Waals surface area (Å²) in [5.74, 6) is 0.401. The van der Waals surface area contributed by atoms with Crippen LogP contribution in [0.4, 0.5) is 13.2 Å². The number of rotatable bonds is 5. The van der Waals surface area contributed by atoms with Gasteiger partial charge < -0.3 is 4.74 Å². The van der Waals surface area contributed by atoms with Gasteiger partial charge in [0.15, 0.2) is 0 Å². The number of allylic oxidation sites excluding steroid dienone is 1. The van der Waals surface area contributed by atoms with Crippen molar-refractivity contribution in [2.24, 2.45) is 0 Å². The van der Waals surface area contributed by atoms with Gasteiger partial charge >= 0.3 is 6.18 Å². The van der Waals surface area contributed by atoms with E-state index in [0.29, 0.717) is 5.75 Å². The molecule has 0 fully saturated rings. The van der Waals surface area contributed by atoms with E-state index in [9.17, 15) is 21.6 Å². The number of hydrogen-bond donors (Lipinski definition) is 0. The van der Waals surface area contributed by atoms with E-state index in [-0.39, 0.29) is 16.0 Å². The van der Waals surface area contributed by atoms with E-state index in [0.717, 1.165) is 0 Å². The van der Waals surface area contributed by atoms with Crippen LogP contribution in [0.15, 0.2) is 89.8 Å². The molecule has 3 aromatic rings. The molecular weight excluding hydrogens is 401 g/mol. The van der Waals surface area contributed by atoms with Crippen LogP contribution in [-0.2, 0) is 9.84 Å². The Balaban J connectivity index is 2.42. The van der Waals surface area contributed by atoms with Gasteiger partial charge in [-0.2, -0.15) is 13.2 Å². The van der Waals surface area contributed by atoms with Crippen LogP contribution >= 0.6 is 0 Å². The van der Waals surface area contributed by atoms with Crippen LogP contribution in [0.3, 0.4) is 0 Å². The van der Waals surface area contributed by atoms with Crippen LogP contribution in [0.1, 0.15) is 11.1 Å². The molecule has 0 saturated heterocycles. The molecule has 3 nitrogen and oxygen atoms in total. The molecule has 29 heavy (non-hydrogen) atoms. The third-order valence-electron chi connectivity index (χ3n) is 4.25. The molecule has 0 saturated carbocycles. The Kier molecular flexibility index (Phi) is 5.79. The molecule has 150 valence electrons. The Labute approximate surface area is 167 Å². The topological polar surface area (TPSA) is 43.4 Å². The third-order valence-corrected chi connectivity index (χ3v) is 6.12. The molecule has 0 aliphatic rings. The van der Waals surface area contributed by atoms with Gasteiger partial charge in [-0.05, 0) is 47.5 Å². The van der Waals surface area contributed by atoms with Crippen LogP contribution in [-0.4, -0.2) is 21.7 Å². The van der Waals surface area contributed by atoms with Crippen molar-refractivity contribution in [2.45, 2.75) is 11.1 Å². The van der Waals surface area contributed by atoms with Gasteiger partial charge in [0.25, 0.3) is 0 Å². The van der Waals surface area contributed by atoms with Gasteiger partial charge in [-0.15, -0.1) is 0 Å². The number of ether oxygens (including phenoxy) is 1. The first-order valence-corrected chi connectivity index (χ1v) is 10.0. The van der Waals surface area contributed by atoms with Crippen molar-refractivity contribution in [1.82, 2.24) is 0 Å². The second kappa shape index (κ2) is 8.13. The fourth-order valence-electron chi connectivity index (χ4n) is 2.92. The van der Waals surface area contributed by atoms with Crippen LogP contribution in [0.25, 0.3) is 10.5 Å². The Morgan fingerprint density at radius 3 is 1.76 bits per heavy atom. The highest BCUT2D eigenvalue weighted by Crippen LogP contribution is 2.44. The van der Waals surface area contributed by atoms with E-state index < -0.39 is 26.5 Å². The lowest BCUT2D eigenvalue weighted by Gasteiger charge is -2.19. The Bertz CT molecular complexity index is 1100. The predicted octanol–water partition coefficient (Wildman–Crippen LogP) is 5.60. The number of benzene rings is 3. The van der Waals surface area contributed by atoms with Crippen LogP contribution in [0, 0.1) is 0 Å². The summed E-state index contributed by atoms with van der Waals surface area (Å²) in [6.45, 7) is 0. The SMILES string of the molecule is COc1ccc(/C(=C(/c2ccccc2)C(F)(F)F)S(=O)(=O)c2ccccc2)cc1. The molecule has 0 heterocycles. The van der Waals surface area contributed by atoms with Gasteiger partial charge in [-0.3, -0.25) is 0 Å². The number of methoxy groups -OCH3 is 1. The van der Waals surface area contributed by atoms with Crippen molar-refractivity contribution < 1.29 is 26.3 Å². The molecule has 0 amide bonds. The fraction of sp³-hybridized carbons (Fsp3) is 0.0909. The maximum Gasteiger partial charge on any atom is 0.418 e. The zero-order valence-corrected chi connectivity index (χ0v) is 16.2. The van der Waals surface area contributed by atoms with Crippen molar-refractivity contribution in [3.05, 3.63) is 96.1 Å². The van der Waals surface area contributed by atoms with E-state index in [1.807, 2.05) is 0 Å². The van der Waals surface area contributed by atoms with Crippen molar-refractivity contribution in [3.8, 4) is 5.75 Å². The second-order valence-electron chi connectivity index (χ2n) is 6.11. The minimum absolute atomic E-state index is 0.0779. The van der Waals surface area contributed by atoms with E-state index in [1.54, 1.807) is 12.1 Å². The van der Waals surface area contributed by atoms with Crippen LogP contribution in [0.2, 0.25) is 0 Å². The average Bonchev–Trinajstić information content (AvgIpc) is 2.72. The van der Waals surface area contributed by atoms with Crippen molar-refractivity contribution in [2.75, 3.05) is 7.11 Å². The van der Waals surface area contributed by atoms with Gasteiger partial charge in [0.2, 0.25) is 9.84 Å². The van der Waals surface area contributed by atoms with Crippen molar-refractivity contribution in [1.29, 1.82) is 0 Å². The highest BCUT2D eigenvalue weighted by molar-refractivity contribution is 8.01. The van der Waals surface area contributed by atoms with Crippen molar-refractivity contribution in [3.63, 3.8) is 0 Å². The molecule has 0 radical (unpaired) electrons. The molecule has 0 aliphatic carbocycles. The quantitative estimate of drug-likeness (QED) is 0.507. The summed E-state index contributed by atoms with van der Waals surface area (Å²) < 4.78 is 74.3. The number of alkyl halides is 3. The normalized spacial score (nSPS) is 13.0. The predicted molar refractivity (Wildman–Crippen MR) is 106 cm³/mol. The van der Waals surface area contributed by atoms with E-state index in [4.69, 9.17) is 4.74 Å². The minimum atomic E-state index is -4.90. The summed E-state index contributed by atoms with van der Waals surface area (Å²) in [5.41, 5.74) is -1.52. The summed E-state index contributed by atoms with van der Waals surface area (Å²) in [6.07, 6.45) is -4.90. The summed E-state index contributed by atoms with van der Waals surface area (Å²) in [5, 5.41) is 0. The number of halogens is 3. The van der Waals surface area contributed by atoms with Crippen molar-refractivity contribution >= 4 is 20.3 Å². The first-order chi connectivity index (χ1) is 13.7. The van der Waals surface area contributed by atoms with Crippen LogP contribution in [0.5, 0.6) is 5.75 Å². The molecule has 0 aliphatic heterocycles. The standard InChI is InChI=1S/C22H17F3O3S/c1-28-18-14-12-17(13-15-18)21(29(26,27)19-10-6-3-7-11-19)20(22(23,24)25)16-8-4-2-5-9-16/h2-15H,1H3/b21-20+. The Morgan fingerprint density at radius 2 is 1.28 bits per heavy atom. The van der Waals surface area contributed by atoms with E-state index in [1.165, 1.54) is 79.9 Å². The summed E-state index contributed by atoms with van der Waals surface area (Å²) in [7, 11) is -3.07. The lowest BCUT2D eigenvalue weighted by molar-refractivity contribution is -0.0684. The Morgan fingerprint density at radius 1 is 0.759 bits per heavy atom. The molecule has 0 bridgehead atoms. The monoisotopic (exact) mass is 418 g/mol. The summed E-state index contributed by atoms with van der Waals surface area (Å²) >= 11 is 0. The van der Waals surface area contributed by atoms with Gasteiger partial charge in [0.05, 0.1) is 22.5 Å². The lowest BCUT2D eigenvalue weighted by atomic mass is 10.0. The molecule has 3 aromatic carbocycles. The molecule has 0 spiro atoms.